The zero-order valence-electron chi connectivity index (χ0n) is 16.8. The van der Waals surface area contributed by atoms with Gasteiger partial charge in [0.25, 0.3) is 0 Å². The van der Waals surface area contributed by atoms with Gasteiger partial charge in [-0.2, -0.15) is 0 Å². The van der Waals surface area contributed by atoms with E-state index in [1.807, 2.05) is 12.1 Å². The summed E-state index contributed by atoms with van der Waals surface area (Å²) in [5.74, 6) is 0. The van der Waals surface area contributed by atoms with Gasteiger partial charge in [0.2, 0.25) is 0 Å². The number of anilines is 1. The quantitative estimate of drug-likeness (QED) is 0.773. The number of para-hydroxylation sites is 1. The minimum atomic E-state index is -0.158. The van der Waals surface area contributed by atoms with Crippen LogP contribution in [0.3, 0.4) is 0 Å². The van der Waals surface area contributed by atoms with Crippen LogP contribution in [0.1, 0.15) is 16.7 Å². The highest BCUT2D eigenvalue weighted by Gasteiger charge is 2.14. The summed E-state index contributed by atoms with van der Waals surface area (Å²) in [7, 11) is 4.11. The Bertz CT molecular complexity index is 755. The number of hydrogen-bond acceptors (Lipinski definition) is 4. The number of morpholine rings is 1. The van der Waals surface area contributed by atoms with E-state index in [-0.39, 0.29) is 6.03 Å². The molecule has 6 nitrogen and oxygen atoms in total. The Morgan fingerprint density at radius 2 is 1.61 bits per heavy atom. The number of rotatable bonds is 7. The molecule has 6 heteroatoms. The van der Waals surface area contributed by atoms with Gasteiger partial charge in [-0.05, 0) is 36.9 Å². The molecule has 1 saturated heterocycles. The van der Waals surface area contributed by atoms with Gasteiger partial charge in [-0.1, -0.05) is 42.5 Å². The van der Waals surface area contributed by atoms with Gasteiger partial charge in [-0.25, -0.2) is 4.79 Å². The average molecular weight is 383 g/mol. The minimum absolute atomic E-state index is 0.158. The second-order valence-corrected chi connectivity index (χ2v) is 7.32. The van der Waals surface area contributed by atoms with E-state index in [1.165, 1.54) is 11.3 Å². The standard InChI is InChI=1S/C22H30N4O2/c1-25(2)17-19-9-7-18(8-10-19)15-23-22(27)24-16-20-5-3-4-6-21(20)26-11-13-28-14-12-26/h3-10H,11-17H2,1-2H3,(H2,23,24,27). The summed E-state index contributed by atoms with van der Waals surface area (Å²) >= 11 is 0. The maximum Gasteiger partial charge on any atom is 0.315 e. The van der Waals surface area contributed by atoms with Gasteiger partial charge in [0.15, 0.2) is 0 Å². The zero-order chi connectivity index (χ0) is 19.8. The van der Waals surface area contributed by atoms with Gasteiger partial charge < -0.3 is 25.2 Å². The smallest absolute Gasteiger partial charge is 0.315 e. The zero-order valence-corrected chi connectivity index (χ0v) is 16.8. The molecule has 2 aromatic carbocycles. The predicted molar refractivity (Wildman–Crippen MR) is 112 cm³/mol. The van der Waals surface area contributed by atoms with Crippen molar-refractivity contribution in [1.29, 1.82) is 0 Å². The minimum Gasteiger partial charge on any atom is -0.378 e. The lowest BCUT2D eigenvalue weighted by atomic mass is 10.1. The summed E-state index contributed by atoms with van der Waals surface area (Å²) in [4.78, 5) is 16.7. The van der Waals surface area contributed by atoms with E-state index < -0.39 is 0 Å². The summed E-state index contributed by atoms with van der Waals surface area (Å²) in [6.45, 7) is 5.18. The van der Waals surface area contributed by atoms with Crippen LogP contribution in [0, 0.1) is 0 Å². The second kappa shape index (κ2) is 10.1. The monoisotopic (exact) mass is 382 g/mol. The Labute approximate surface area is 167 Å². The molecule has 1 fully saturated rings. The summed E-state index contributed by atoms with van der Waals surface area (Å²) < 4.78 is 5.44. The third-order valence-electron chi connectivity index (χ3n) is 4.76. The first-order chi connectivity index (χ1) is 13.6. The van der Waals surface area contributed by atoms with Crippen LogP contribution in [0.4, 0.5) is 10.5 Å². The summed E-state index contributed by atoms with van der Waals surface area (Å²) in [5, 5.41) is 5.91. The number of nitrogens with one attached hydrogen (secondary N) is 2. The maximum absolute atomic E-state index is 12.2. The van der Waals surface area contributed by atoms with E-state index in [0.29, 0.717) is 13.1 Å². The lowest BCUT2D eigenvalue weighted by Crippen LogP contribution is -2.38. The highest BCUT2D eigenvalue weighted by atomic mass is 16.5. The Morgan fingerprint density at radius 3 is 2.32 bits per heavy atom. The predicted octanol–water partition coefficient (Wildman–Crippen LogP) is 2.58. The third-order valence-corrected chi connectivity index (χ3v) is 4.76. The highest BCUT2D eigenvalue weighted by molar-refractivity contribution is 5.74. The number of benzene rings is 2. The molecule has 2 amide bonds. The van der Waals surface area contributed by atoms with Crippen LogP contribution < -0.4 is 15.5 Å². The molecule has 3 rings (SSSR count). The highest BCUT2D eigenvalue weighted by Crippen LogP contribution is 2.21. The van der Waals surface area contributed by atoms with Crippen LogP contribution in [-0.2, 0) is 24.4 Å². The molecule has 0 saturated carbocycles. The van der Waals surface area contributed by atoms with Crippen molar-refractivity contribution in [2.45, 2.75) is 19.6 Å². The molecule has 0 atom stereocenters. The van der Waals surface area contributed by atoms with Crippen LogP contribution in [0.5, 0.6) is 0 Å². The second-order valence-electron chi connectivity index (χ2n) is 7.32. The number of hydrogen-bond donors (Lipinski definition) is 2. The third kappa shape index (κ3) is 5.97. The van der Waals surface area contributed by atoms with Gasteiger partial charge >= 0.3 is 6.03 Å². The van der Waals surface area contributed by atoms with Crippen molar-refractivity contribution in [3.8, 4) is 0 Å². The van der Waals surface area contributed by atoms with Crippen molar-refractivity contribution in [3.05, 3.63) is 65.2 Å². The molecule has 150 valence electrons. The van der Waals surface area contributed by atoms with Crippen molar-refractivity contribution in [1.82, 2.24) is 15.5 Å². The van der Waals surface area contributed by atoms with Crippen LogP contribution in [0.2, 0.25) is 0 Å². The van der Waals surface area contributed by atoms with E-state index in [0.717, 1.165) is 44.0 Å². The molecule has 1 aliphatic heterocycles. The molecule has 0 aromatic heterocycles. The van der Waals surface area contributed by atoms with Crippen LogP contribution in [0.15, 0.2) is 48.5 Å². The lowest BCUT2D eigenvalue weighted by Gasteiger charge is -2.30. The fourth-order valence-electron chi connectivity index (χ4n) is 3.32. The van der Waals surface area contributed by atoms with Crippen LogP contribution in [-0.4, -0.2) is 51.3 Å². The molecular formula is C22H30N4O2. The van der Waals surface area contributed by atoms with Gasteiger partial charge in [0.05, 0.1) is 13.2 Å². The number of urea groups is 1. The van der Waals surface area contributed by atoms with E-state index in [2.05, 4.69) is 70.9 Å². The topological polar surface area (TPSA) is 56.8 Å². The summed E-state index contributed by atoms with van der Waals surface area (Å²) in [6.07, 6.45) is 0. The van der Waals surface area contributed by atoms with Gasteiger partial charge in [-0.15, -0.1) is 0 Å². The molecule has 2 aromatic rings. The Kier molecular flexibility index (Phi) is 7.28. The Hall–Kier alpha value is -2.57. The Morgan fingerprint density at radius 1 is 0.964 bits per heavy atom. The van der Waals surface area contributed by atoms with E-state index in [9.17, 15) is 4.79 Å². The molecule has 1 heterocycles. The van der Waals surface area contributed by atoms with Crippen molar-refractivity contribution in [2.24, 2.45) is 0 Å². The van der Waals surface area contributed by atoms with Gasteiger partial charge in [0.1, 0.15) is 0 Å². The summed E-state index contributed by atoms with van der Waals surface area (Å²) in [5.41, 5.74) is 4.64. The van der Waals surface area contributed by atoms with Crippen molar-refractivity contribution < 1.29 is 9.53 Å². The summed E-state index contributed by atoms with van der Waals surface area (Å²) in [6, 6.07) is 16.4. The molecule has 1 aliphatic rings. The maximum atomic E-state index is 12.2. The SMILES string of the molecule is CN(C)Cc1ccc(CNC(=O)NCc2ccccc2N2CCOCC2)cc1. The molecule has 2 N–H and O–H groups in total. The molecule has 28 heavy (non-hydrogen) atoms. The van der Waals surface area contributed by atoms with E-state index in [4.69, 9.17) is 4.74 Å². The van der Waals surface area contributed by atoms with Gasteiger partial charge in [0, 0.05) is 38.4 Å². The number of carbonyl (C=O) groups excluding carboxylic acids is 1. The average Bonchev–Trinajstić information content (AvgIpc) is 2.72. The fourth-order valence-corrected chi connectivity index (χ4v) is 3.32. The van der Waals surface area contributed by atoms with E-state index in [1.54, 1.807) is 0 Å². The number of amides is 2. The number of carbonyl (C=O) groups is 1. The molecule has 0 unspecified atom stereocenters. The first-order valence-corrected chi connectivity index (χ1v) is 9.76. The molecule has 0 bridgehead atoms. The lowest BCUT2D eigenvalue weighted by molar-refractivity contribution is 0.122. The van der Waals surface area contributed by atoms with E-state index >= 15 is 0 Å². The van der Waals surface area contributed by atoms with Crippen molar-refractivity contribution >= 4 is 11.7 Å². The van der Waals surface area contributed by atoms with Gasteiger partial charge in [-0.3, -0.25) is 0 Å². The number of ether oxygens (including phenoxy) is 1. The Balaban J connectivity index is 1.48. The molecule has 0 radical (unpaired) electrons. The number of nitrogens with zero attached hydrogens (tertiary/aromatic N) is 2. The van der Waals surface area contributed by atoms with Crippen molar-refractivity contribution in [2.75, 3.05) is 45.3 Å². The van der Waals surface area contributed by atoms with Crippen LogP contribution in [0.25, 0.3) is 0 Å². The fraction of sp³-hybridized carbons (Fsp3) is 0.409. The first kappa shape index (κ1) is 20.2. The normalized spacial score (nSPS) is 14.2. The van der Waals surface area contributed by atoms with Crippen LogP contribution >= 0.6 is 0 Å². The molecule has 0 aliphatic carbocycles. The first-order valence-electron chi connectivity index (χ1n) is 9.76. The largest absolute Gasteiger partial charge is 0.378 e. The molecule has 0 spiro atoms. The molecular weight excluding hydrogens is 352 g/mol. The van der Waals surface area contributed by atoms with Crippen molar-refractivity contribution in [3.63, 3.8) is 0 Å².